The number of aromatic hydroxyl groups is 1. The van der Waals surface area contributed by atoms with E-state index in [0.29, 0.717) is 32.0 Å². The molecule has 33 heavy (non-hydrogen) atoms. The van der Waals surface area contributed by atoms with E-state index >= 15 is 0 Å². The number of hydrogen-bond donors (Lipinski definition) is 1. The number of benzene rings is 2. The number of amides is 2. The number of carbonyl (C=O) groups excluding carboxylic acids is 2. The van der Waals surface area contributed by atoms with E-state index in [1.165, 1.54) is 17.4 Å². The van der Waals surface area contributed by atoms with Crippen molar-refractivity contribution in [3.8, 4) is 22.1 Å². The molecule has 0 atom stereocenters. The van der Waals surface area contributed by atoms with Gasteiger partial charge in [0.05, 0.1) is 16.1 Å². The van der Waals surface area contributed by atoms with E-state index < -0.39 is 0 Å². The summed E-state index contributed by atoms with van der Waals surface area (Å²) in [6.07, 6.45) is 0. The fraction of sp³-hybridized carbons (Fsp3) is 0.167. The molecule has 5 rings (SSSR count). The molecule has 2 aromatic carbocycles. The third kappa shape index (κ3) is 4.10. The fourth-order valence-electron chi connectivity index (χ4n) is 3.80. The van der Waals surface area contributed by atoms with Gasteiger partial charge in [-0.3, -0.25) is 9.59 Å². The monoisotopic (exact) mass is 459 g/mol. The molecule has 0 unspecified atom stereocenters. The minimum absolute atomic E-state index is 0.0437. The highest BCUT2D eigenvalue weighted by atomic mass is 32.1. The molecule has 0 bridgehead atoms. The Balaban J connectivity index is 1.34. The van der Waals surface area contributed by atoms with E-state index in [9.17, 15) is 14.7 Å². The molecular weight excluding hydrogens is 438 g/mol. The van der Waals surface area contributed by atoms with Gasteiger partial charge in [0.25, 0.3) is 11.8 Å². The van der Waals surface area contributed by atoms with E-state index in [1.807, 2.05) is 47.8 Å². The normalized spacial score (nSPS) is 13.8. The van der Waals surface area contributed by atoms with Crippen LogP contribution >= 0.6 is 11.3 Å². The maximum absolute atomic E-state index is 13.2. The second-order valence-corrected chi connectivity index (χ2v) is 8.53. The van der Waals surface area contributed by atoms with Crippen LogP contribution in [0.5, 0.6) is 5.75 Å². The smallest absolute Gasteiger partial charge is 0.293 e. The van der Waals surface area contributed by atoms with E-state index in [4.69, 9.17) is 0 Å². The highest BCUT2D eigenvalue weighted by Gasteiger charge is 2.29. The zero-order chi connectivity index (χ0) is 22.8. The van der Waals surface area contributed by atoms with Crippen molar-refractivity contribution in [1.82, 2.24) is 24.6 Å². The summed E-state index contributed by atoms with van der Waals surface area (Å²) in [6, 6.07) is 20.0. The molecule has 2 amide bonds. The predicted octanol–water partition coefficient (Wildman–Crippen LogP) is 3.30. The van der Waals surface area contributed by atoms with Crippen LogP contribution in [0.2, 0.25) is 0 Å². The third-order valence-corrected chi connectivity index (χ3v) is 6.40. The molecule has 3 heterocycles. The molecule has 4 aromatic rings. The van der Waals surface area contributed by atoms with Gasteiger partial charge < -0.3 is 14.9 Å². The Morgan fingerprint density at radius 2 is 1.48 bits per heavy atom. The number of rotatable bonds is 4. The van der Waals surface area contributed by atoms with Gasteiger partial charge in [-0.05, 0) is 35.7 Å². The van der Waals surface area contributed by atoms with Gasteiger partial charge in [-0.25, -0.2) is 9.67 Å². The lowest BCUT2D eigenvalue weighted by Gasteiger charge is -2.34. The zero-order valence-electron chi connectivity index (χ0n) is 17.7. The summed E-state index contributed by atoms with van der Waals surface area (Å²) >= 11 is 1.54. The molecule has 0 aliphatic carbocycles. The van der Waals surface area contributed by atoms with Crippen LogP contribution in [0.25, 0.3) is 16.4 Å². The molecule has 1 saturated heterocycles. The molecule has 0 radical (unpaired) electrons. The van der Waals surface area contributed by atoms with Crippen LogP contribution in [0, 0.1) is 0 Å². The number of phenolic OH excluding ortho intramolecular Hbond substituents is 1. The van der Waals surface area contributed by atoms with E-state index in [0.717, 1.165) is 10.6 Å². The van der Waals surface area contributed by atoms with Gasteiger partial charge in [0.2, 0.25) is 5.82 Å². The predicted molar refractivity (Wildman–Crippen MR) is 125 cm³/mol. The van der Waals surface area contributed by atoms with Gasteiger partial charge in [0.15, 0.2) is 5.82 Å². The van der Waals surface area contributed by atoms with Gasteiger partial charge in [0.1, 0.15) is 5.75 Å². The highest BCUT2D eigenvalue weighted by Crippen LogP contribution is 2.26. The van der Waals surface area contributed by atoms with Gasteiger partial charge >= 0.3 is 0 Å². The first-order chi connectivity index (χ1) is 16.1. The molecule has 1 N–H and O–H groups in total. The zero-order valence-corrected chi connectivity index (χ0v) is 18.5. The standard InChI is InChI=1S/C24H21N5O3S/c30-19-10-5-4-9-18(19)23(31)27-12-14-28(15-13-27)24(32)21-25-22(20-11-6-16-33-20)29(26-21)17-7-2-1-3-8-17/h1-11,16,30H,12-15H2. The van der Waals surface area contributed by atoms with Crippen molar-refractivity contribution in [3.05, 3.63) is 83.5 Å². The van der Waals surface area contributed by atoms with Crippen molar-refractivity contribution in [2.75, 3.05) is 26.2 Å². The lowest BCUT2D eigenvalue weighted by Crippen LogP contribution is -2.50. The first-order valence-corrected chi connectivity index (χ1v) is 11.4. The van der Waals surface area contributed by atoms with E-state index in [2.05, 4.69) is 10.1 Å². The minimum atomic E-state index is -0.267. The van der Waals surface area contributed by atoms with Gasteiger partial charge in [-0.2, -0.15) is 0 Å². The van der Waals surface area contributed by atoms with E-state index in [1.54, 1.807) is 32.7 Å². The van der Waals surface area contributed by atoms with Crippen LogP contribution in [0.3, 0.4) is 0 Å². The lowest BCUT2D eigenvalue weighted by atomic mass is 10.1. The molecule has 9 heteroatoms. The van der Waals surface area contributed by atoms with Crippen LogP contribution in [0.4, 0.5) is 0 Å². The van der Waals surface area contributed by atoms with Crippen molar-refractivity contribution < 1.29 is 14.7 Å². The maximum Gasteiger partial charge on any atom is 0.293 e. The number of nitrogens with zero attached hydrogens (tertiary/aromatic N) is 5. The van der Waals surface area contributed by atoms with Crippen LogP contribution in [-0.2, 0) is 0 Å². The van der Waals surface area contributed by atoms with Crippen LogP contribution in [0.1, 0.15) is 21.0 Å². The molecule has 1 aliphatic heterocycles. The molecule has 166 valence electrons. The molecular formula is C24H21N5O3S. The average Bonchev–Trinajstić information content (AvgIpc) is 3.54. The van der Waals surface area contributed by atoms with Crippen LogP contribution < -0.4 is 0 Å². The minimum Gasteiger partial charge on any atom is -0.507 e. The molecule has 8 nitrogen and oxygen atoms in total. The largest absolute Gasteiger partial charge is 0.507 e. The van der Waals surface area contributed by atoms with Crippen molar-refractivity contribution >= 4 is 23.2 Å². The highest BCUT2D eigenvalue weighted by molar-refractivity contribution is 7.13. The maximum atomic E-state index is 13.2. The van der Waals surface area contributed by atoms with Crippen molar-refractivity contribution in [2.45, 2.75) is 0 Å². The first-order valence-electron chi connectivity index (χ1n) is 10.5. The number of para-hydroxylation sites is 2. The fourth-order valence-corrected chi connectivity index (χ4v) is 4.49. The third-order valence-electron chi connectivity index (χ3n) is 5.53. The van der Waals surface area contributed by atoms with Crippen LogP contribution in [-0.4, -0.2) is 67.7 Å². The van der Waals surface area contributed by atoms with Crippen LogP contribution in [0.15, 0.2) is 72.1 Å². The lowest BCUT2D eigenvalue weighted by molar-refractivity contribution is 0.0527. The summed E-state index contributed by atoms with van der Waals surface area (Å²) in [7, 11) is 0. The molecule has 0 saturated carbocycles. The number of aromatic nitrogens is 3. The molecule has 0 spiro atoms. The Bertz CT molecular complexity index is 1280. The first kappa shape index (κ1) is 20.9. The number of phenols is 1. The Labute approximate surface area is 194 Å². The quantitative estimate of drug-likeness (QED) is 0.506. The van der Waals surface area contributed by atoms with Gasteiger partial charge in [-0.1, -0.05) is 36.4 Å². The number of carbonyl (C=O) groups is 2. The second-order valence-electron chi connectivity index (χ2n) is 7.59. The molecule has 2 aromatic heterocycles. The molecule has 1 aliphatic rings. The SMILES string of the molecule is O=C(c1nc(-c2cccs2)n(-c2ccccc2)n1)N1CCN(C(=O)c2ccccc2O)CC1. The summed E-state index contributed by atoms with van der Waals surface area (Å²) in [4.78, 5) is 34.8. The number of thiophene rings is 1. The summed E-state index contributed by atoms with van der Waals surface area (Å²) in [6.45, 7) is 1.48. The topological polar surface area (TPSA) is 91.6 Å². The Kier molecular flexibility index (Phi) is 5.62. The van der Waals surface area contributed by atoms with Gasteiger partial charge in [0, 0.05) is 26.2 Å². The summed E-state index contributed by atoms with van der Waals surface area (Å²) in [5.41, 5.74) is 1.09. The number of hydrogen-bond acceptors (Lipinski definition) is 6. The Hall–Kier alpha value is -3.98. The van der Waals surface area contributed by atoms with Crippen molar-refractivity contribution in [3.63, 3.8) is 0 Å². The summed E-state index contributed by atoms with van der Waals surface area (Å²) in [5.74, 6) is 0.192. The summed E-state index contributed by atoms with van der Waals surface area (Å²) in [5, 5.41) is 16.5. The van der Waals surface area contributed by atoms with E-state index in [-0.39, 0.29) is 29.0 Å². The Morgan fingerprint density at radius 3 is 2.15 bits per heavy atom. The van der Waals surface area contributed by atoms with Gasteiger partial charge in [-0.15, -0.1) is 16.4 Å². The Morgan fingerprint density at radius 1 is 0.818 bits per heavy atom. The second kappa shape index (κ2) is 8.87. The summed E-state index contributed by atoms with van der Waals surface area (Å²) < 4.78 is 1.69. The number of piperazine rings is 1. The molecule has 1 fully saturated rings. The van der Waals surface area contributed by atoms with Crippen molar-refractivity contribution in [1.29, 1.82) is 0 Å². The average molecular weight is 460 g/mol. The van der Waals surface area contributed by atoms with Crippen molar-refractivity contribution in [2.24, 2.45) is 0 Å².